The summed E-state index contributed by atoms with van der Waals surface area (Å²) >= 11 is 0. The maximum absolute atomic E-state index is 12.0. The van der Waals surface area contributed by atoms with Crippen molar-refractivity contribution in [2.75, 3.05) is 26.1 Å². The fourth-order valence-electron chi connectivity index (χ4n) is 1.88. The molecule has 0 aliphatic rings. The van der Waals surface area contributed by atoms with E-state index in [0.717, 1.165) is 5.56 Å². The minimum absolute atomic E-state index is 0.0763. The highest BCUT2D eigenvalue weighted by Crippen LogP contribution is 2.32. The summed E-state index contributed by atoms with van der Waals surface area (Å²) in [6.07, 6.45) is 0.204. The lowest BCUT2D eigenvalue weighted by Gasteiger charge is -2.17. The van der Waals surface area contributed by atoms with Crippen LogP contribution in [0.25, 0.3) is 0 Å². The average molecular weight is 322 g/mol. The minimum atomic E-state index is -0.462. The molecular weight excluding hydrogens is 296 g/mol. The van der Waals surface area contributed by atoms with E-state index in [0.29, 0.717) is 23.7 Å². The zero-order chi connectivity index (χ0) is 17.6. The number of amides is 2. The van der Waals surface area contributed by atoms with E-state index in [1.54, 1.807) is 26.4 Å². The van der Waals surface area contributed by atoms with Crippen molar-refractivity contribution < 1.29 is 19.1 Å². The smallest absolute Gasteiger partial charge is 0.226 e. The second kappa shape index (κ2) is 7.85. The molecule has 6 nitrogen and oxygen atoms in total. The lowest BCUT2D eigenvalue weighted by atomic mass is 9.96. The summed E-state index contributed by atoms with van der Waals surface area (Å²) in [5, 5.41) is 5.57. The molecule has 2 amide bonds. The van der Waals surface area contributed by atoms with Crippen LogP contribution < -0.4 is 20.1 Å². The Balaban J connectivity index is 2.63. The third-order valence-electron chi connectivity index (χ3n) is 3.32. The third-order valence-corrected chi connectivity index (χ3v) is 3.32. The molecule has 0 saturated heterocycles. The molecule has 0 saturated carbocycles. The Kier molecular flexibility index (Phi) is 6.42. The number of carbonyl (C=O) groups is 2. The van der Waals surface area contributed by atoms with Gasteiger partial charge in [0, 0.05) is 30.1 Å². The fourth-order valence-corrected chi connectivity index (χ4v) is 1.88. The van der Waals surface area contributed by atoms with E-state index in [1.165, 1.54) is 0 Å². The first-order valence-electron chi connectivity index (χ1n) is 7.49. The molecule has 1 aromatic carbocycles. The number of methoxy groups -OCH3 is 2. The van der Waals surface area contributed by atoms with Gasteiger partial charge in [0.05, 0.1) is 14.2 Å². The first-order valence-corrected chi connectivity index (χ1v) is 7.49. The van der Waals surface area contributed by atoms with Crippen molar-refractivity contribution in [2.45, 2.75) is 34.1 Å². The van der Waals surface area contributed by atoms with Gasteiger partial charge in [-0.1, -0.05) is 20.8 Å². The molecular formula is C17H26N2O4. The standard InChI is InChI=1S/C17H26N2O4/c1-11-9-13(22-5)14(23-6)10-12(11)19-15(20)7-8-18-16(21)17(2,3)4/h9-10H,7-8H2,1-6H3,(H,18,21)(H,19,20). The summed E-state index contributed by atoms with van der Waals surface area (Å²) in [5.74, 6) is 0.914. The Morgan fingerprint density at radius 1 is 1.09 bits per heavy atom. The van der Waals surface area contributed by atoms with Crippen molar-refractivity contribution in [2.24, 2.45) is 5.41 Å². The van der Waals surface area contributed by atoms with Crippen LogP contribution in [0.2, 0.25) is 0 Å². The van der Waals surface area contributed by atoms with Crippen LogP contribution >= 0.6 is 0 Å². The van der Waals surface area contributed by atoms with E-state index in [2.05, 4.69) is 10.6 Å². The third kappa shape index (κ3) is 5.47. The van der Waals surface area contributed by atoms with Crippen molar-refractivity contribution in [3.63, 3.8) is 0 Å². The van der Waals surface area contributed by atoms with Gasteiger partial charge in [-0.05, 0) is 18.6 Å². The van der Waals surface area contributed by atoms with Crippen LogP contribution in [0.4, 0.5) is 5.69 Å². The molecule has 1 rings (SSSR count). The van der Waals surface area contributed by atoms with Gasteiger partial charge in [-0.3, -0.25) is 9.59 Å². The molecule has 6 heteroatoms. The van der Waals surface area contributed by atoms with Gasteiger partial charge < -0.3 is 20.1 Å². The first kappa shape index (κ1) is 18.8. The topological polar surface area (TPSA) is 76.7 Å². The molecule has 128 valence electrons. The summed E-state index contributed by atoms with van der Waals surface area (Å²) in [6.45, 7) is 7.66. The average Bonchev–Trinajstić information content (AvgIpc) is 2.47. The molecule has 0 radical (unpaired) electrons. The van der Waals surface area contributed by atoms with Crippen molar-refractivity contribution in [3.8, 4) is 11.5 Å². The van der Waals surface area contributed by atoms with Gasteiger partial charge in [0.15, 0.2) is 11.5 Å². The molecule has 2 N–H and O–H groups in total. The molecule has 0 fully saturated rings. The molecule has 0 bridgehead atoms. The van der Waals surface area contributed by atoms with E-state index in [4.69, 9.17) is 9.47 Å². The van der Waals surface area contributed by atoms with Crippen molar-refractivity contribution in [3.05, 3.63) is 17.7 Å². The van der Waals surface area contributed by atoms with Crippen molar-refractivity contribution in [1.29, 1.82) is 0 Å². The predicted molar refractivity (Wildman–Crippen MR) is 90.0 cm³/mol. The summed E-state index contributed by atoms with van der Waals surface area (Å²) in [7, 11) is 3.11. The van der Waals surface area contributed by atoms with E-state index in [1.807, 2.05) is 27.7 Å². The van der Waals surface area contributed by atoms with Crippen LogP contribution in [-0.2, 0) is 9.59 Å². The lowest BCUT2D eigenvalue weighted by Crippen LogP contribution is -2.36. The van der Waals surface area contributed by atoms with E-state index in [9.17, 15) is 9.59 Å². The molecule has 0 aliphatic carbocycles. The fraction of sp³-hybridized carbons (Fsp3) is 0.529. The molecule has 0 atom stereocenters. The second-order valence-electron chi connectivity index (χ2n) is 6.33. The van der Waals surface area contributed by atoms with Crippen LogP contribution in [0, 0.1) is 12.3 Å². The highest BCUT2D eigenvalue weighted by molar-refractivity contribution is 5.92. The monoisotopic (exact) mass is 322 g/mol. The number of carbonyl (C=O) groups excluding carboxylic acids is 2. The Labute approximate surface area is 137 Å². The molecule has 0 heterocycles. The van der Waals surface area contributed by atoms with Gasteiger partial charge in [0.25, 0.3) is 0 Å². The predicted octanol–water partition coefficient (Wildman–Crippen LogP) is 2.50. The maximum Gasteiger partial charge on any atom is 0.226 e. The first-order chi connectivity index (χ1) is 10.7. The molecule has 0 aromatic heterocycles. The van der Waals surface area contributed by atoms with Crippen LogP contribution in [0.5, 0.6) is 11.5 Å². The van der Waals surface area contributed by atoms with Crippen LogP contribution in [0.1, 0.15) is 32.8 Å². The van der Waals surface area contributed by atoms with Gasteiger partial charge in [-0.2, -0.15) is 0 Å². The lowest BCUT2D eigenvalue weighted by molar-refractivity contribution is -0.128. The number of nitrogens with one attached hydrogen (secondary N) is 2. The van der Waals surface area contributed by atoms with Crippen LogP contribution in [0.15, 0.2) is 12.1 Å². The molecule has 23 heavy (non-hydrogen) atoms. The Bertz CT molecular complexity index is 577. The SMILES string of the molecule is COc1cc(C)c(NC(=O)CCNC(=O)C(C)(C)C)cc1OC. The highest BCUT2D eigenvalue weighted by atomic mass is 16.5. The summed E-state index contributed by atoms with van der Waals surface area (Å²) in [6, 6.07) is 3.52. The number of benzene rings is 1. The van der Waals surface area contributed by atoms with Crippen molar-refractivity contribution in [1.82, 2.24) is 5.32 Å². The Morgan fingerprint density at radius 3 is 2.17 bits per heavy atom. The number of hydrogen-bond acceptors (Lipinski definition) is 4. The molecule has 0 unspecified atom stereocenters. The zero-order valence-corrected chi connectivity index (χ0v) is 14.7. The number of anilines is 1. The van der Waals surface area contributed by atoms with E-state index < -0.39 is 5.41 Å². The highest BCUT2D eigenvalue weighted by Gasteiger charge is 2.20. The van der Waals surface area contributed by atoms with E-state index in [-0.39, 0.29) is 18.2 Å². The van der Waals surface area contributed by atoms with Crippen molar-refractivity contribution >= 4 is 17.5 Å². The molecule has 1 aromatic rings. The molecule has 0 aliphatic heterocycles. The number of hydrogen-bond donors (Lipinski definition) is 2. The van der Waals surface area contributed by atoms with Gasteiger partial charge >= 0.3 is 0 Å². The summed E-state index contributed by atoms with van der Waals surface area (Å²) in [4.78, 5) is 23.8. The van der Waals surface area contributed by atoms with Gasteiger partial charge in [-0.15, -0.1) is 0 Å². The van der Waals surface area contributed by atoms with Crippen LogP contribution in [-0.4, -0.2) is 32.6 Å². The zero-order valence-electron chi connectivity index (χ0n) is 14.7. The van der Waals surface area contributed by atoms with Gasteiger partial charge in [0.1, 0.15) is 0 Å². The number of aryl methyl sites for hydroxylation is 1. The second-order valence-corrected chi connectivity index (χ2v) is 6.33. The normalized spacial score (nSPS) is 10.9. The van der Waals surface area contributed by atoms with Gasteiger partial charge in [0.2, 0.25) is 11.8 Å². The number of rotatable bonds is 6. The Morgan fingerprint density at radius 2 is 1.65 bits per heavy atom. The van der Waals surface area contributed by atoms with Crippen LogP contribution in [0.3, 0.4) is 0 Å². The van der Waals surface area contributed by atoms with E-state index >= 15 is 0 Å². The summed E-state index contributed by atoms with van der Waals surface area (Å²) in [5.41, 5.74) is 1.07. The maximum atomic E-state index is 12.0. The summed E-state index contributed by atoms with van der Waals surface area (Å²) < 4.78 is 10.4. The Hall–Kier alpha value is -2.24. The number of ether oxygens (including phenoxy) is 2. The minimum Gasteiger partial charge on any atom is -0.493 e. The van der Waals surface area contributed by atoms with Gasteiger partial charge in [-0.25, -0.2) is 0 Å². The molecule has 0 spiro atoms. The largest absolute Gasteiger partial charge is 0.493 e. The quantitative estimate of drug-likeness (QED) is 0.843.